The fourth-order valence-corrected chi connectivity index (χ4v) is 3.46. The van der Waals surface area contributed by atoms with Crippen LogP contribution < -0.4 is 5.32 Å². The molecule has 1 saturated heterocycles. The van der Waals surface area contributed by atoms with Crippen molar-refractivity contribution in [2.75, 3.05) is 19.6 Å². The monoisotopic (exact) mass is 292 g/mol. The predicted molar refractivity (Wildman–Crippen MR) is 88.3 cm³/mol. The summed E-state index contributed by atoms with van der Waals surface area (Å²) < 4.78 is 1.93. The standard InChI is InChI=1S/C17H32N4/c1-5-9-21-10-7-15(8-11-21)14(3)18-12-16-13-20(4)19-17(16)6-2/h13-15,18H,5-12H2,1-4H3. The Balaban J connectivity index is 1.78. The van der Waals surface area contributed by atoms with Crippen LogP contribution in [0.25, 0.3) is 0 Å². The summed E-state index contributed by atoms with van der Waals surface area (Å²) in [5, 5.41) is 8.25. The van der Waals surface area contributed by atoms with Gasteiger partial charge in [-0.15, -0.1) is 0 Å². The SMILES string of the molecule is CCCN1CCC(C(C)NCc2cn(C)nc2CC)CC1. The van der Waals surface area contributed by atoms with Gasteiger partial charge in [0.05, 0.1) is 5.69 Å². The number of hydrogen-bond donors (Lipinski definition) is 1. The van der Waals surface area contributed by atoms with Crippen LogP contribution in [-0.2, 0) is 20.0 Å². The third kappa shape index (κ3) is 4.55. The molecule has 0 aromatic carbocycles. The Hall–Kier alpha value is -0.870. The van der Waals surface area contributed by atoms with Gasteiger partial charge in [-0.3, -0.25) is 4.68 Å². The highest BCUT2D eigenvalue weighted by Crippen LogP contribution is 2.21. The summed E-state index contributed by atoms with van der Waals surface area (Å²) in [6.07, 6.45) is 7.12. The molecule has 120 valence electrons. The average molecular weight is 292 g/mol. The van der Waals surface area contributed by atoms with Gasteiger partial charge >= 0.3 is 0 Å². The van der Waals surface area contributed by atoms with E-state index >= 15 is 0 Å². The number of piperidine rings is 1. The Kier molecular flexibility index (Phi) is 6.24. The molecule has 4 nitrogen and oxygen atoms in total. The predicted octanol–water partition coefficient (Wildman–Crippen LogP) is 2.58. The Morgan fingerprint density at radius 3 is 2.67 bits per heavy atom. The van der Waals surface area contributed by atoms with Crippen molar-refractivity contribution in [2.24, 2.45) is 13.0 Å². The van der Waals surface area contributed by atoms with Crippen molar-refractivity contribution in [2.45, 2.75) is 59.0 Å². The zero-order chi connectivity index (χ0) is 15.2. The fourth-order valence-electron chi connectivity index (χ4n) is 3.46. The first-order valence-electron chi connectivity index (χ1n) is 8.61. The number of hydrogen-bond acceptors (Lipinski definition) is 3. The maximum absolute atomic E-state index is 4.52. The van der Waals surface area contributed by atoms with Crippen molar-refractivity contribution in [1.29, 1.82) is 0 Å². The highest BCUT2D eigenvalue weighted by molar-refractivity contribution is 5.16. The lowest BCUT2D eigenvalue weighted by Crippen LogP contribution is -2.42. The van der Waals surface area contributed by atoms with Crippen LogP contribution in [-0.4, -0.2) is 40.4 Å². The van der Waals surface area contributed by atoms with Crippen LogP contribution in [0.1, 0.15) is 51.3 Å². The molecule has 0 radical (unpaired) electrons. The molecule has 2 heterocycles. The molecule has 0 spiro atoms. The topological polar surface area (TPSA) is 33.1 Å². The van der Waals surface area contributed by atoms with Gasteiger partial charge in [-0.25, -0.2) is 0 Å². The quantitative estimate of drug-likeness (QED) is 0.838. The van der Waals surface area contributed by atoms with Crippen LogP contribution in [0.2, 0.25) is 0 Å². The second-order valence-electron chi connectivity index (χ2n) is 6.48. The highest BCUT2D eigenvalue weighted by atomic mass is 15.3. The van der Waals surface area contributed by atoms with Gasteiger partial charge < -0.3 is 10.2 Å². The van der Waals surface area contributed by atoms with E-state index in [0.717, 1.165) is 18.9 Å². The summed E-state index contributed by atoms with van der Waals surface area (Å²) in [5.74, 6) is 0.819. The van der Waals surface area contributed by atoms with Crippen LogP contribution in [0.4, 0.5) is 0 Å². The van der Waals surface area contributed by atoms with E-state index < -0.39 is 0 Å². The number of aryl methyl sites for hydroxylation is 2. The summed E-state index contributed by atoms with van der Waals surface area (Å²) in [6, 6.07) is 0.596. The van der Waals surface area contributed by atoms with Gasteiger partial charge in [-0.2, -0.15) is 5.10 Å². The lowest BCUT2D eigenvalue weighted by Gasteiger charge is -2.35. The Morgan fingerprint density at radius 2 is 2.05 bits per heavy atom. The van der Waals surface area contributed by atoms with Crippen LogP contribution in [0.15, 0.2) is 6.20 Å². The van der Waals surface area contributed by atoms with Gasteiger partial charge in [0.1, 0.15) is 0 Å². The molecule has 2 rings (SSSR count). The van der Waals surface area contributed by atoms with Crippen molar-refractivity contribution >= 4 is 0 Å². The number of nitrogens with one attached hydrogen (secondary N) is 1. The molecule has 4 heteroatoms. The molecule has 1 aliphatic rings. The van der Waals surface area contributed by atoms with Crippen molar-refractivity contribution < 1.29 is 0 Å². The molecule has 1 fully saturated rings. The molecule has 0 amide bonds. The molecular formula is C17H32N4. The molecule has 1 unspecified atom stereocenters. The minimum Gasteiger partial charge on any atom is -0.310 e. The average Bonchev–Trinajstić information content (AvgIpc) is 2.86. The summed E-state index contributed by atoms with van der Waals surface area (Å²) in [5.41, 5.74) is 2.59. The Morgan fingerprint density at radius 1 is 1.33 bits per heavy atom. The number of aromatic nitrogens is 2. The van der Waals surface area contributed by atoms with E-state index in [1.807, 2.05) is 11.7 Å². The molecule has 1 N–H and O–H groups in total. The highest BCUT2D eigenvalue weighted by Gasteiger charge is 2.23. The molecule has 1 aromatic heterocycles. The zero-order valence-corrected chi connectivity index (χ0v) is 14.2. The van der Waals surface area contributed by atoms with Gasteiger partial charge in [0.25, 0.3) is 0 Å². The van der Waals surface area contributed by atoms with E-state index in [-0.39, 0.29) is 0 Å². The van der Waals surface area contributed by atoms with Gasteiger partial charge in [0, 0.05) is 31.4 Å². The van der Waals surface area contributed by atoms with Crippen molar-refractivity contribution in [3.8, 4) is 0 Å². The molecule has 0 aliphatic carbocycles. The molecule has 0 bridgehead atoms. The molecular weight excluding hydrogens is 260 g/mol. The third-order valence-corrected chi connectivity index (χ3v) is 4.82. The van der Waals surface area contributed by atoms with E-state index in [0.29, 0.717) is 6.04 Å². The maximum Gasteiger partial charge on any atom is 0.0666 e. The number of nitrogens with zero attached hydrogens (tertiary/aromatic N) is 3. The first kappa shape index (κ1) is 16.5. The molecule has 1 aliphatic heterocycles. The first-order chi connectivity index (χ1) is 10.1. The normalized spacial score (nSPS) is 19.0. The minimum atomic E-state index is 0.596. The second-order valence-corrected chi connectivity index (χ2v) is 6.48. The van der Waals surface area contributed by atoms with Crippen LogP contribution in [0, 0.1) is 5.92 Å². The molecule has 0 saturated carbocycles. The first-order valence-corrected chi connectivity index (χ1v) is 8.61. The summed E-state index contributed by atoms with van der Waals surface area (Å²) in [6.45, 7) is 11.6. The van der Waals surface area contributed by atoms with Gasteiger partial charge in [0.15, 0.2) is 0 Å². The number of rotatable bonds is 7. The third-order valence-electron chi connectivity index (χ3n) is 4.82. The maximum atomic E-state index is 4.52. The minimum absolute atomic E-state index is 0.596. The van der Waals surface area contributed by atoms with Crippen LogP contribution in [0.5, 0.6) is 0 Å². The Bertz CT molecular complexity index is 418. The molecule has 1 aromatic rings. The largest absolute Gasteiger partial charge is 0.310 e. The Labute approximate surface area is 129 Å². The van der Waals surface area contributed by atoms with Gasteiger partial charge in [0.2, 0.25) is 0 Å². The van der Waals surface area contributed by atoms with E-state index in [1.54, 1.807) is 0 Å². The summed E-state index contributed by atoms with van der Waals surface area (Å²) >= 11 is 0. The second kappa shape index (κ2) is 7.95. The van der Waals surface area contributed by atoms with Gasteiger partial charge in [-0.05, 0) is 58.2 Å². The van der Waals surface area contributed by atoms with Gasteiger partial charge in [-0.1, -0.05) is 13.8 Å². The molecule has 1 atom stereocenters. The summed E-state index contributed by atoms with van der Waals surface area (Å²) in [7, 11) is 2.01. The van der Waals surface area contributed by atoms with E-state index in [4.69, 9.17) is 0 Å². The number of likely N-dealkylation sites (tertiary alicyclic amines) is 1. The van der Waals surface area contributed by atoms with E-state index in [1.165, 1.54) is 50.2 Å². The van der Waals surface area contributed by atoms with E-state index in [9.17, 15) is 0 Å². The molecule has 21 heavy (non-hydrogen) atoms. The van der Waals surface area contributed by atoms with E-state index in [2.05, 4.69) is 42.3 Å². The zero-order valence-electron chi connectivity index (χ0n) is 14.2. The van der Waals surface area contributed by atoms with Crippen molar-refractivity contribution in [3.05, 3.63) is 17.5 Å². The fraction of sp³-hybridized carbons (Fsp3) is 0.824. The lowest BCUT2D eigenvalue weighted by atomic mass is 9.90. The lowest BCUT2D eigenvalue weighted by molar-refractivity contribution is 0.162. The smallest absolute Gasteiger partial charge is 0.0666 e. The van der Waals surface area contributed by atoms with Crippen LogP contribution in [0.3, 0.4) is 0 Å². The van der Waals surface area contributed by atoms with Crippen molar-refractivity contribution in [1.82, 2.24) is 20.0 Å². The van der Waals surface area contributed by atoms with Crippen molar-refractivity contribution in [3.63, 3.8) is 0 Å². The van der Waals surface area contributed by atoms with Crippen LogP contribution >= 0.6 is 0 Å². The summed E-state index contributed by atoms with van der Waals surface area (Å²) in [4.78, 5) is 2.61.